The number of carbonyl (C=O) groups excluding carboxylic acids is 1. The van der Waals surface area contributed by atoms with Crippen molar-refractivity contribution in [3.05, 3.63) is 24.5 Å². The number of hydrogen-bond acceptors (Lipinski definition) is 6. The van der Waals surface area contributed by atoms with Crippen LogP contribution in [-0.4, -0.2) is 56.3 Å². The highest BCUT2D eigenvalue weighted by Gasteiger charge is 2.44. The fourth-order valence-corrected chi connectivity index (χ4v) is 2.21. The summed E-state index contributed by atoms with van der Waals surface area (Å²) in [4.78, 5) is 44.4. The van der Waals surface area contributed by atoms with Crippen molar-refractivity contribution >= 4 is 23.7 Å². The van der Waals surface area contributed by atoms with Crippen molar-refractivity contribution in [2.24, 2.45) is 11.8 Å². The molecule has 0 saturated carbocycles. The van der Waals surface area contributed by atoms with E-state index >= 15 is 0 Å². The summed E-state index contributed by atoms with van der Waals surface area (Å²) in [7, 11) is 0. The maximum atomic E-state index is 12.0. The summed E-state index contributed by atoms with van der Waals surface area (Å²) >= 11 is 0. The minimum Gasteiger partial charge on any atom is -0.481 e. The van der Waals surface area contributed by atoms with Crippen LogP contribution in [0.1, 0.15) is 12.8 Å². The molecule has 0 aromatic carbocycles. The standard InChI is InChI=1S/C14H16O9/c1-6(13(19)20)23-9-4-2-7(8(15)3-5-10(16)17)11(12(9)18)14(21)22/h2,4,7,9,11-12,18H,1,3,5H2,(H,16,17)(H,19,20)(H,21,22)/t7-,9+,11-,12-/m1/s1. The van der Waals surface area contributed by atoms with Crippen LogP contribution in [0.5, 0.6) is 0 Å². The van der Waals surface area contributed by atoms with E-state index in [9.17, 15) is 29.4 Å². The van der Waals surface area contributed by atoms with Gasteiger partial charge in [-0.25, -0.2) is 4.79 Å². The molecule has 9 nitrogen and oxygen atoms in total. The van der Waals surface area contributed by atoms with Crippen LogP contribution >= 0.6 is 0 Å². The minimum atomic E-state index is -1.69. The number of hydrogen-bond donors (Lipinski definition) is 4. The highest BCUT2D eigenvalue weighted by Crippen LogP contribution is 2.30. The molecule has 1 rings (SSSR count). The Kier molecular flexibility index (Phi) is 6.02. The van der Waals surface area contributed by atoms with Crippen LogP contribution < -0.4 is 0 Å². The first-order valence-electron chi connectivity index (χ1n) is 6.57. The number of Topliss-reactive ketones (excluding diaryl/α,β-unsaturated/α-hetero) is 1. The third-order valence-corrected chi connectivity index (χ3v) is 3.36. The van der Waals surface area contributed by atoms with Gasteiger partial charge in [-0.05, 0) is 12.7 Å². The summed E-state index contributed by atoms with van der Waals surface area (Å²) in [5.74, 6) is -8.29. The molecule has 0 amide bonds. The molecule has 1 aliphatic carbocycles. The summed E-state index contributed by atoms with van der Waals surface area (Å²) in [5.41, 5.74) is 0. The van der Waals surface area contributed by atoms with Gasteiger partial charge in [-0.1, -0.05) is 6.08 Å². The van der Waals surface area contributed by atoms with E-state index in [4.69, 9.17) is 14.9 Å². The molecule has 9 heteroatoms. The lowest BCUT2D eigenvalue weighted by atomic mass is 9.77. The van der Waals surface area contributed by atoms with Crippen LogP contribution in [0.2, 0.25) is 0 Å². The van der Waals surface area contributed by atoms with Crippen molar-refractivity contribution < 1.29 is 44.3 Å². The Bertz CT molecular complexity index is 563. The molecule has 0 heterocycles. The molecular weight excluding hydrogens is 312 g/mol. The number of allylic oxidation sites excluding steroid dienone is 1. The van der Waals surface area contributed by atoms with Gasteiger partial charge in [0.2, 0.25) is 0 Å². The highest BCUT2D eigenvalue weighted by molar-refractivity contribution is 5.90. The Hall–Kier alpha value is -2.68. The van der Waals surface area contributed by atoms with Gasteiger partial charge in [-0.3, -0.25) is 14.4 Å². The van der Waals surface area contributed by atoms with Crippen LogP contribution in [0.15, 0.2) is 24.5 Å². The van der Waals surface area contributed by atoms with Crippen LogP contribution in [0.25, 0.3) is 0 Å². The number of carbonyl (C=O) groups is 4. The van der Waals surface area contributed by atoms with E-state index in [0.717, 1.165) is 0 Å². The third kappa shape index (κ3) is 4.65. The molecule has 0 aliphatic heterocycles. The van der Waals surface area contributed by atoms with Crippen molar-refractivity contribution in [2.75, 3.05) is 0 Å². The fraction of sp³-hybridized carbons (Fsp3) is 0.429. The van der Waals surface area contributed by atoms with E-state index < -0.39 is 59.9 Å². The molecule has 0 spiro atoms. The maximum Gasteiger partial charge on any atom is 0.370 e. The normalized spacial score (nSPS) is 26.3. The summed E-state index contributed by atoms with van der Waals surface area (Å²) < 4.78 is 4.87. The van der Waals surface area contributed by atoms with Gasteiger partial charge >= 0.3 is 17.9 Å². The molecule has 126 valence electrons. The highest BCUT2D eigenvalue weighted by atomic mass is 16.5. The minimum absolute atomic E-state index is 0.381. The Morgan fingerprint density at radius 1 is 1.04 bits per heavy atom. The first kappa shape index (κ1) is 18.4. The second-order valence-corrected chi connectivity index (χ2v) is 4.94. The molecule has 0 radical (unpaired) electrons. The molecule has 4 atom stereocenters. The average molecular weight is 328 g/mol. The summed E-state index contributed by atoms with van der Waals surface area (Å²) in [6.45, 7) is 3.11. The van der Waals surface area contributed by atoms with Gasteiger partial charge in [0.05, 0.1) is 18.3 Å². The first-order valence-corrected chi connectivity index (χ1v) is 6.57. The van der Waals surface area contributed by atoms with Crippen LogP contribution in [0, 0.1) is 11.8 Å². The van der Waals surface area contributed by atoms with Crippen molar-refractivity contribution in [1.29, 1.82) is 0 Å². The summed E-state index contributed by atoms with van der Waals surface area (Å²) in [5, 5.41) is 36.5. The number of rotatable bonds is 8. The van der Waals surface area contributed by atoms with E-state index in [-0.39, 0.29) is 6.42 Å². The number of aliphatic hydroxyl groups is 1. The van der Waals surface area contributed by atoms with E-state index in [0.29, 0.717) is 0 Å². The quantitative estimate of drug-likeness (QED) is 0.265. The summed E-state index contributed by atoms with van der Waals surface area (Å²) in [6.07, 6.45) is -1.47. The third-order valence-electron chi connectivity index (χ3n) is 3.36. The van der Waals surface area contributed by atoms with Gasteiger partial charge in [-0.2, -0.15) is 0 Å². The second-order valence-electron chi connectivity index (χ2n) is 4.94. The number of ketones is 1. The van der Waals surface area contributed by atoms with E-state index in [1.807, 2.05) is 0 Å². The smallest absolute Gasteiger partial charge is 0.370 e. The molecule has 0 fully saturated rings. The lowest BCUT2D eigenvalue weighted by molar-refractivity contribution is -0.155. The van der Waals surface area contributed by atoms with E-state index in [1.165, 1.54) is 12.2 Å². The number of aliphatic carboxylic acids is 3. The van der Waals surface area contributed by atoms with Gasteiger partial charge in [0.25, 0.3) is 0 Å². The van der Waals surface area contributed by atoms with Crippen molar-refractivity contribution in [2.45, 2.75) is 25.0 Å². The van der Waals surface area contributed by atoms with Crippen LogP contribution in [0.3, 0.4) is 0 Å². The molecule has 0 saturated heterocycles. The number of carboxylic acids is 3. The topological polar surface area (TPSA) is 158 Å². The number of carboxylic acid groups (broad SMARTS) is 3. The lowest BCUT2D eigenvalue weighted by Crippen LogP contribution is -2.47. The Morgan fingerprint density at radius 3 is 2.13 bits per heavy atom. The SMILES string of the molecule is C=C(O[C@H]1C=C[C@H](C(=O)CCC(=O)O)[C@@H](C(=O)O)[C@@H]1O)C(=O)O. The van der Waals surface area contributed by atoms with Gasteiger partial charge < -0.3 is 25.2 Å². The van der Waals surface area contributed by atoms with E-state index in [2.05, 4.69) is 6.58 Å². The molecule has 0 aromatic rings. The fourth-order valence-electron chi connectivity index (χ4n) is 2.21. The van der Waals surface area contributed by atoms with Crippen LogP contribution in [0.4, 0.5) is 0 Å². The van der Waals surface area contributed by atoms with Gasteiger partial charge in [-0.15, -0.1) is 0 Å². The molecule has 1 aliphatic rings. The largest absolute Gasteiger partial charge is 0.481 e. The zero-order valence-electron chi connectivity index (χ0n) is 11.9. The van der Waals surface area contributed by atoms with E-state index in [1.54, 1.807) is 0 Å². The molecule has 0 unspecified atom stereocenters. The predicted molar refractivity (Wildman–Crippen MR) is 73.3 cm³/mol. The average Bonchev–Trinajstić information content (AvgIpc) is 2.45. The Labute approximate surface area is 130 Å². The Balaban J connectivity index is 2.95. The predicted octanol–water partition coefficient (Wildman–Crippen LogP) is -0.349. The molecule has 0 aromatic heterocycles. The van der Waals surface area contributed by atoms with Gasteiger partial charge in [0.15, 0.2) is 5.76 Å². The lowest BCUT2D eigenvalue weighted by Gasteiger charge is -2.33. The summed E-state index contributed by atoms with van der Waals surface area (Å²) in [6, 6.07) is 0. The Morgan fingerprint density at radius 2 is 1.65 bits per heavy atom. The van der Waals surface area contributed by atoms with Crippen molar-refractivity contribution in [1.82, 2.24) is 0 Å². The molecule has 4 N–H and O–H groups in total. The zero-order valence-corrected chi connectivity index (χ0v) is 11.9. The van der Waals surface area contributed by atoms with Crippen molar-refractivity contribution in [3.63, 3.8) is 0 Å². The van der Waals surface area contributed by atoms with Gasteiger partial charge in [0.1, 0.15) is 18.0 Å². The maximum absolute atomic E-state index is 12.0. The van der Waals surface area contributed by atoms with Gasteiger partial charge in [0, 0.05) is 6.42 Å². The molecular formula is C14H16O9. The zero-order chi connectivity index (χ0) is 17.7. The number of aliphatic hydroxyl groups excluding tert-OH is 1. The second kappa shape index (κ2) is 7.54. The molecule has 23 heavy (non-hydrogen) atoms. The van der Waals surface area contributed by atoms with Crippen molar-refractivity contribution in [3.8, 4) is 0 Å². The number of ether oxygens (including phenoxy) is 1. The monoisotopic (exact) mass is 328 g/mol. The first-order chi connectivity index (χ1) is 10.6. The molecule has 0 bridgehead atoms. The van der Waals surface area contributed by atoms with Crippen LogP contribution in [-0.2, 0) is 23.9 Å².